The van der Waals surface area contributed by atoms with E-state index in [0.717, 1.165) is 11.5 Å². The Morgan fingerprint density at radius 1 is 1.47 bits per heavy atom. The molecule has 0 fully saturated rings. The number of aromatic nitrogens is 3. The Morgan fingerprint density at radius 3 is 2.79 bits per heavy atom. The predicted octanol–water partition coefficient (Wildman–Crippen LogP) is 2.13. The number of hydrogen-bond acceptors (Lipinski definition) is 5. The monoisotopic (exact) mass is 282 g/mol. The molecule has 6 nitrogen and oxygen atoms in total. The minimum Gasteiger partial charge on any atom is -0.444 e. The Kier molecular flexibility index (Phi) is 3.90. The number of oxazole rings is 1. The molecule has 102 valence electrons. The maximum Gasteiger partial charge on any atom is 0.287 e. The normalized spacial score (nSPS) is 10.7. The molecule has 0 radical (unpaired) electrons. The van der Waals surface area contributed by atoms with Gasteiger partial charge >= 0.3 is 0 Å². The lowest BCUT2D eigenvalue weighted by molar-refractivity contribution is 0.478. The molecule has 7 heteroatoms. The Balaban J connectivity index is 2.16. The molecule has 2 aromatic rings. The summed E-state index contributed by atoms with van der Waals surface area (Å²) < 4.78 is 6.73. The van der Waals surface area contributed by atoms with E-state index in [1.807, 2.05) is 20.8 Å². The number of halogens is 1. The molecule has 1 N–H and O–H groups in total. The van der Waals surface area contributed by atoms with Gasteiger partial charge in [-0.1, -0.05) is 11.6 Å². The molecule has 2 rings (SSSR count). The van der Waals surface area contributed by atoms with Crippen molar-refractivity contribution in [2.24, 2.45) is 0 Å². The second kappa shape index (κ2) is 5.44. The summed E-state index contributed by atoms with van der Waals surface area (Å²) in [6, 6.07) is 0. The van der Waals surface area contributed by atoms with Crippen molar-refractivity contribution in [1.29, 1.82) is 0 Å². The van der Waals surface area contributed by atoms with Crippen LogP contribution in [-0.4, -0.2) is 14.8 Å². The lowest BCUT2D eigenvalue weighted by atomic mass is 10.4. The summed E-state index contributed by atoms with van der Waals surface area (Å²) in [5.74, 6) is 1.33. The quantitative estimate of drug-likeness (QED) is 0.930. The van der Waals surface area contributed by atoms with Crippen molar-refractivity contribution in [1.82, 2.24) is 14.8 Å². The van der Waals surface area contributed by atoms with Gasteiger partial charge < -0.3 is 9.73 Å². The number of hydrogen-bond donors (Lipinski definition) is 1. The summed E-state index contributed by atoms with van der Waals surface area (Å²) in [6.45, 7) is 6.39. The lowest BCUT2D eigenvalue weighted by Crippen LogP contribution is -2.23. The molecule has 2 aromatic heterocycles. The summed E-state index contributed by atoms with van der Waals surface area (Å²) in [7, 11) is 0. The van der Waals surface area contributed by atoms with Gasteiger partial charge in [0.1, 0.15) is 10.8 Å². The van der Waals surface area contributed by atoms with Crippen LogP contribution in [0.2, 0.25) is 5.02 Å². The van der Waals surface area contributed by atoms with Gasteiger partial charge in [0, 0.05) is 6.54 Å². The Bertz CT molecular complexity index is 628. The predicted molar refractivity (Wildman–Crippen MR) is 72.5 cm³/mol. The highest BCUT2D eigenvalue weighted by Crippen LogP contribution is 2.17. The molecular formula is C12H15ClN4O2. The van der Waals surface area contributed by atoms with Crippen LogP contribution in [0, 0.1) is 13.8 Å². The van der Waals surface area contributed by atoms with Gasteiger partial charge in [0.05, 0.1) is 24.1 Å². The molecule has 0 aliphatic heterocycles. The highest BCUT2D eigenvalue weighted by atomic mass is 35.5. The summed E-state index contributed by atoms with van der Waals surface area (Å²) >= 11 is 5.99. The average molecular weight is 283 g/mol. The van der Waals surface area contributed by atoms with Gasteiger partial charge in [0.15, 0.2) is 0 Å². The number of rotatable bonds is 4. The Morgan fingerprint density at radius 2 is 2.21 bits per heavy atom. The number of nitrogens with zero attached hydrogens (tertiary/aromatic N) is 3. The molecule has 0 unspecified atom stereocenters. The van der Waals surface area contributed by atoms with Crippen LogP contribution in [0.4, 0.5) is 5.69 Å². The van der Waals surface area contributed by atoms with Crippen LogP contribution in [0.3, 0.4) is 0 Å². The van der Waals surface area contributed by atoms with Crippen molar-refractivity contribution < 1.29 is 4.42 Å². The summed E-state index contributed by atoms with van der Waals surface area (Å²) in [6.07, 6.45) is 1.52. The van der Waals surface area contributed by atoms with Crippen molar-refractivity contribution in [2.45, 2.75) is 33.9 Å². The van der Waals surface area contributed by atoms with E-state index < -0.39 is 0 Å². The summed E-state index contributed by atoms with van der Waals surface area (Å²) in [5.41, 5.74) is 1.02. The highest BCUT2D eigenvalue weighted by Gasteiger charge is 2.10. The SMILES string of the molecule is CCn1ncc(NCc2nc(C)c(C)o2)c(Cl)c1=O. The van der Waals surface area contributed by atoms with Crippen molar-refractivity contribution >= 4 is 17.3 Å². The van der Waals surface area contributed by atoms with E-state index in [0.29, 0.717) is 24.7 Å². The molecule has 0 bridgehead atoms. The van der Waals surface area contributed by atoms with Crippen molar-refractivity contribution in [3.63, 3.8) is 0 Å². The van der Waals surface area contributed by atoms with Crippen molar-refractivity contribution in [3.8, 4) is 0 Å². The van der Waals surface area contributed by atoms with Crippen LogP contribution in [-0.2, 0) is 13.1 Å². The second-order valence-electron chi connectivity index (χ2n) is 4.10. The highest BCUT2D eigenvalue weighted by molar-refractivity contribution is 6.32. The van der Waals surface area contributed by atoms with E-state index in [2.05, 4.69) is 15.4 Å². The zero-order valence-corrected chi connectivity index (χ0v) is 11.8. The van der Waals surface area contributed by atoms with Crippen molar-refractivity contribution in [3.05, 3.63) is 38.9 Å². The second-order valence-corrected chi connectivity index (χ2v) is 4.47. The van der Waals surface area contributed by atoms with Gasteiger partial charge in [0.25, 0.3) is 5.56 Å². The molecule has 0 amide bonds. The molecule has 19 heavy (non-hydrogen) atoms. The molecule has 0 saturated heterocycles. The first-order chi connectivity index (χ1) is 9.02. The van der Waals surface area contributed by atoms with Gasteiger partial charge in [-0.25, -0.2) is 9.67 Å². The van der Waals surface area contributed by atoms with E-state index in [1.54, 1.807) is 0 Å². The van der Waals surface area contributed by atoms with Crippen LogP contribution in [0.5, 0.6) is 0 Å². The van der Waals surface area contributed by atoms with E-state index in [-0.39, 0.29) is 10.6 Å². The minimum atomic E-state index is -0.311. The molecule has 0 aliphatic rings. The fourth-order valence-corrected chi connectivity index (χ4v) is 1.81. The van der Waals surface area contributed by atoms with Gasteiger partial charge in [-0.2, -0.15) is 5.10 Å². The van der Waals surface area contributed by atoms with Crippen LogP contribution in [0.1, 0.15) is 24.3 Å². The smallest absolute Gasteiger partial charge is 0.287 e. The first kappa shape index (κ1) is 13.6. The number of nitrogens with one attached hydrogen (secondary N) is 1. The first-order valence-corrected chi connectivity index (χ1v) is 6.33. The van der Waals surface area contributed by atoms with Crippen LogP contribution in [0.15, 0.2) is 15.4 Å². The van der Waals surface area contributed by atoms with Gasteiger partial charge in [-0.3, -0.25) is 4.79 Å². The van der Waals surface area contributed by atoms with Crippen LogP contribution in [0.25, 0.3) is 0 Å². The van der Waals surface area contributed by atoms with Gasteiger partial charge in [-0.15, -0.1) is 0 Å². The van der Waals surface area contributed by atoms with E-state index in [1.165, 1.54) is 10.9 Å². The molecule has 0 aliphatic carbocycles. The van der Waals surface area contributed by atoms with Gasteiger partial charge in [-0.05, 0) is 20.8 Å². The Labute approximate surface area is 115 Å². The lowest BCUT2D eigenvalue weighted by Gasteiger charge is -2.07. The largest absolute Gasteiger partial charge is 0.444 e. The summed E-state index contributed by atoms with van der Waals surface area (Å²) in [5, 5.41) is 7.12. The maximum atomic E-state index is 11.8. The third-order valence-electron chi connectivity index (χ3n) is 2.79. The third-order valence-corrected chi connectivity index (χ3v) is 3.15. The number of anilines is 1. The topological polar surface area (TPSA) is 73.0 Å². The molecule has 0 aromatic carbocycles. The Hall–Kier alpha value is -1.82. The fraction of sp³-hybridized carbons (Fsp3) is 0.417. The standard InChI is InChI=1S/C12H15ClN4O2/c1-4-17-12(18)11(13)9(5-15-17)14-6-10-16-7(2)8(3)19-10/h5,14H,4,6H2,1-3H3. The first-order valence-electron chi connectivity index (χ1n) is 5.95. The number of aryl methyl sites for hydroxylation is 3. The average Bonchev–Trinajstić information content (AvgIpc) is 2.71. The van der Waals surface area contributed by atoms with E-state index in [9.17, 15) is 4.79 Å². The summed E-state index contributed by atoms with van der Waals surface area (Å²) in [4.78, 5) is 16.0. The molecule has 0 atom stereocenters. The fourth-order valence-electron chi connectivity index (χ4n) is 1.60. The van der Waals surface area contributed by atoms with Crippen molar-refractivity contribution in [2.75, 3.05) is 5.32 Å². The minimum absolute atomic E-state index is 0.122. The molecular weight excluding hydrogens is 268 g/mol. The van der Waals surface area contributed by atoms with E-state index in [4.69, 9.17) is 16.0 Å². The third kappa shape index (κ3) is 2.78. The maximum absolute atomic E-state index is 11.8. The molecule has 0 spiro atoms. The van der Waals surface area contributed by atoms with Crippen LogP contribution >= 0.6 is 11.6 Å². The van der Waals surface area contributed by atoms with Gasteiger partial charge in [0.2, 0.25) is 5.89 Å². The zero-order chi connectivity index (χ0) is 14.0. The zero-order valence-electron chi connectivity index (χ0n) is 11.0. The van der Waals surface area contributed by atoms with Crippen LogP contribution < -0.4 is 10.9 Å². The molecule has 0 saturated carbocycles. The molecule has 2 heterocycles. The van der Waals surface area contributed by atoms with E-state index >= 15 is 0 Å².